The van der Waals surface area contributed by atoms with Crippen LogP contribution in [0.4, 0.5) is 0 Å². The largest absolute Gasteiger partial charge is 0.391 e. The summed E-state index contributed by atoms with van der Waals surface area (Å²) in [5.41, 5.74) is 0.0692. The van der Waals surface area contributed by atoms with Gasteiger partial charge in [-0.1, -0.05) is 6.92 Å². The minimum atomic E-state index is -0.595. The molecule has 19 heavy (non-hydrogen) atoms. The third-order valence-electron chi connectivity index (χ3n) is 3.28. The number of nitrogens with zero attached hydrogens (tertiary/aromatic N) is 1. The summed E-state index contributed by atoms with van der Waals surface area (Å²) in [6.45, 7) is 3.62. The summed E-state index contributed by atoms with van der Waals surface area (Å²) >= 11 is 0. The molecular formula is C13H19N3O3. The van der Waals surface area contributed by atoms with Gasteiger partial charge in [0.15, 0.2) is 0 Å². The zero-order chi connectivity index (χ0) is 14.0. The minimum absolute atomic E-state index is 0.0349. The Morgan fingerprint density at radius 3 is 2.79 bits per heavy atom. The molecule has 0 spiro atoms. The van der Waals surface area contributed by atoms with Crippen molar-refractivity contribution >= 4 is 5.91 Å². The van der Waals surface area contributed by atoms with Crippen molar-refractivity contribution in [2.24, 2.45) is 0 Å². The van der Waals surface area contributed by atoms with E-state index in [0.29, 0.717) is 23.9 Å². The highest BCUT2D eigenvalue weighted by Crippen LogP contribution is 2.37. The van der Waals surface area contributed by atoms with Gasteiger partial charge in [0, 0.05) is 12.5 Å². The Labute approximate surface area is 111 Å². The highest BCUT2D eigenvalue weighted by atomic mass is 16.3. The number of amides is 1. The number of aromatic amines is 1. The van der Waals surface area contributed by atoms with Crippen molar-refractivity contribution in [3.05, 3.63) is 27.4 Å². The van der Waals surface area contributed by atoms with E-state index in [-0.39, 0.29) is 12.1 Å². The van der Waals surface area contributed by atoms with Gasteiger partial charge < -0.3 is 15.4 Å². The molecule has 1 aromatic heterocycles. The Morgan fingerprint density at radius 2 is 2.26 bits per heavy atom. The van der Waals surface area contributed by atoms with Crippen molar-refractivity contribution in [2.45, 2.75) is 45.1 Å². The first-order chi connectivity index (χ1) is 9.02. The molecule has 1 atom stereocenters. The first kappa shape index (κ1) is 13.7. The Morgan fingerprint density at radius 1 is 1.58 bits per heavy atom. The number of hydrogen-bond acceptors (Lipinski definition) is 4. The van der Waals surface area contributed by atoms with Crippen LogP contribution in [-0.2, 0) is 0 Å². The van der Waals surface area contributed by atoms with Gasteiger partial charge in [-0.05, 0) is 26.2 Å². The molecule has 104 valence electrons. The maximum Gasteiger partial charge on any atom is 0.264 e. The second kappa shape index (κ2) is 5.52. The molecule has 3 N–H and O–H groups in total. The average Bonchev–Trinajstić information content (AvgIpc) is 3.19. The number of hydrogen-bond donors (Lipinski definition) is 3. The summed E-state index contributed by atoms with van der Waals surface area (Å²) in [6.07, 6.45) is 2.03. The normalized spacial score (nSPS) is 16.2. The van der Waals surface area contributed by atoms with Crippen molar-refractivity contribution in [2.75, 3.05) is 6.54 Å². The average molecular weight is 265 g/mol. The zero-order valence-corrected chi connectivity index (χ0v) is 11.2. The van der Waals surface area contributed by atoms with Crippen LogP contribution in [0.3, 0.4) is 0 Å². The third kappa shape index (κ3) is 3.20. The number of aromatic nitrogens is 2. The van der Waals surface area contributed by atoms with Gasteiger partial charge in [0.25, 0.3) is 11.5 Å². The van der Waals surface area contributed by atoms with Crippen LogP contribution in [0.2, 0.25) is 0 Å². The van der Waals surface area contributed by atoms with Gasteiger partial charge in [-0.25, -0.2) is 4.98 Å². The van der Waals surface area contributed by atoms with Gasteiger partial charge in [0.05, 0.1) is 11.8 Å². The quantitative estimate of drug-likeness (QED) is 0.720. The first-order valence-electron chi connectivity index (χ1n) is 6.60. The molecule has 1 fully saturated rings. The van der Waals surface area contributed by atoms with E-state index in [4.69, 9.17) is 0 Å². The molecule has 0 bridgehead atoms. The molecule has 0 radical (unpaired) electrons. The van der Waals surface area contributed by atoms with E-state index in [9.17, 15) is 14.7 Å². The molecule has 1 amide bonds. The Balaban J connectivity index is 2.15. The summed E-state index contributed by atoms with van der Waals surface area (Å²) in [4.78, 5) is 30.8. The SMILES string of the molecule is CCC(O)CNC(=O)c1c(C)nc(C2CC2)[nH]c1=O. The number of H-pyrrole nitrogens is 1. The van der Waals surface area contributed by atoms with Crippen LogP contribution in [0.5, 0.6) is 0 Å². The van der Waals surface area contributed by atoms with Crippen molar-refractivity contribution in [1.29, 1.82) is 0 Å². The molecule has 2 rings (SSSR count). The van der Waals surface area contributed by atoms with Crippen molar-refractivity contribution < 1.29 is 9.90 Å². The highest BCUT2D eigenvalue weighted by molar-refractivity contribution is 5.94. The van der Waals surface area contributed by atoms with Gasteiger partial charge in [-0.15, -0.1) is 0 Å². The van der Waals surface area contributed by atoms with Crippen LogP contribution in [0.1, 0.15) is 54.0 Å². The maximum absolute atomic E-state index is 11.9. The van der Waals surface area contributed by atoms with Crippen LogP contribution in [-0.4, -0.2) is 33.6 Å². The summed E-state index contributed by atoms with van der Waals surface area (Å²) in [5.74, 6) is 0.527. The Hall–Kier alpha value is -1.69. The Kier molecular flexibility index (Phi) is 3.99. The number of aliphatic hydroxyl groups excluding tert-OH is 1. The van der Waals surface area contributed by atoms with Crippen LogP contribution in [0.15, 0.2) is 4.79 Å². The van der Waals surface area contributed by atoms with Gasteiger partial charge in [-0.3, -0.25) is 9.59 Å². The van der Waals surface area contributed by atoms with Crippen LogP contribution >= 0.6 is 0 Å². The summed E-state index contributed by atoms with van der Waals surface area (Å²) < 4.78 is 0. The van der Waals surface area contributed by atoms with Gasteiger partial charge in [0.1, 0.15) is 11.4 Å². The molecule has 6 heteroatoms. The van der Waals surface area contributed by atoms with E-state index in [1.807, 2.05) is 6.92 Å². The van der Waals surface area contributed by atoms with E-state index in [0.717, 1.165) is 12.8 Å². The molecule has 1 aliphatic carbocycles. The molecule has 6 nitrogen and oxygen atoms in total. The number of aryl methyl sites for hydroxylation is 1. The molecule has 0 aromatic carbocycles. The lowest BCUT2D eigenvalue weighted by Crippen LogP contribution is -2.36. The van der Waals surface area contributed by atoms with E-state index in [2.05, 4.69) is 15.3 Å². The number of nitrogens with one attached hydrogen (secondary N) is 2. The molecule has 1 aromatic rings. The summed E-state index contributed by atoms with van der Waals surface area (Å²) in [5, 5.41) is 11.9. The minimum Gasteiger partial charge on any atom is -0.391 e. The smallest absolute Gasteiger partial charge is 0.264 e. The van der Waals surface area contributed by atoms with Crippen LogP contribution in [0.25, 0.3) is 0 Å². The predicted octanol–water partition coefficient (Wildman–Crippen LogP) is 0.456. The third-order valence-corrected chi connectivity index (χ3v) is 3.28. The van der Waals surface area contributed by atoms with Gasteiger partial charge >= 0.3 is 0 Å². The summed E-state index contributed by atoms with van der Waals surface area (Å²) in [6, 6.07) is 0. The van der Waals surface area contributed by atoms with Crippen LogP contribution in [0, 0.1) is 6.92 Å². The van der Waals surface area contributed by atoms with Gasteiger partial charge in [-0.2, -0.15) is 0 Å². The predicted molar refractivity (Wildman–Crippen MR) is 70.2 cm³/mol. The topological polar surface area (TPSA) is 95.1 Å². The number of carbonyl (C=O) groups excluding carboxylic acids is 1. The zero-order valence-electron chi connectivity index (χ0n) is 11.2. The second-order valence-electron chi connectivity index (χ2n) is 4.96. The monoisotopic (exact) mass is 265 g/mol. The fraction of sp³-hybridized carbons (Fsp3) is 0.615. The lowest BCUT2D eigenvalue weighted by molar-refractivity contribution is 0.0911. The summed E-state index contributed by atoms with van der Waals surface area (Å²) in [7, 11) is 0. The van der Waals surface area contributed by atoms with E-state index >= 15 is 0 Å². The van der Waals surface area contributed by atoms with Crippen LogP contribution < -0.4 is 10.9 Å². The second-order valence-corrected chi connectivity index (χ2v) is 4.96. The number of aliphatic hydroxyl groups is 1. The van der Waals surface area contributed by atoms with E-state index < -0.39 is 17.6 Å². The lowest BCUT2D eigenvalue weighted by Gasteiger charge is -2.10. The van der Waals surface area contributed by atoms with Crippen molar-refractivity contribution in [3.8, 4) is 0 Å². The van der Waals surface area contributed by atoms with E-state index in [1.165, 1.54) is 0 Å². The molecule has 1 aliphatic rings. The molecular weight excluding hydrogens is 246 g/mol. The fourth-order valence-electron chi connectivity index (χ4n) is 1.87. The van der Waals surface area contributed by atoms with Crippen molar-refractivity contribution in [3.63, 3.8) is 0 Å². The standard InChI is InChI=1S/C13H19N3O3/c1-3-9(17)6-14-12(18)10-7(2)15-11(8-4-5-8)16-13(10)19/h8-9,17H,3-6H2,1-2H3,(H,14,18)(H,15,16,19). The molecule has 1 heterocycles. The molecule has 0 saturated heterocycles. The maximum atomic E-state index is 11.9. The van der Waals surface area contributed by atoms with Gasteiger partial charge in [0.2, 0.25) is 0 Å². The number of carbonyl (C=O) groups is 1. The fourth-order valence-corrected chi connectivity index (χ4v) is 1.87. The number of rotatable bonds is 5. The van der Waals surface area contributed by atoms with Crippen molar-refractivity contribution in [1.82, 2.24) is 15.3 Å². The first-order valence-corrected chi connectivity index (χ1v) is 6.60. The molecule has 0 aliphatic heterocycles. The molecule has 1 unspecified atom stereocenters. The lowest BCUT2D eigenvalue weighted by atomic mass is 10.2. The molecule has 1 saturated carbocycles. The Bertz CT molecular complexity index is 534. The van der Waals surface area contributed by atoms with E-state index in [1.54, 1.807) is 6.92 Å². The highest BCUT2D eigenvalue weighted by Gasteiger charge is 2.28.